The van der Waals surface area contributed by atoms with Gasteiger partial charge in [-0.3, -0.25) is 4.79 Å². The Kier molecular flexibility index (Phi) is 6.24. The Morgan fingerprint density at radius 1 is 1.15 bits per heavy atom. The maximum atomic E-state index is 12.9. The molecule has 0 bridgehead atoms. The summed E-state index contributed by atoms with van der Waals surface area (Å²) >= 11 is 1.64. The van der Waals surface area contributed by atoms with Crippen molar-refractivity contribution >= 4 is 27.8 Å². The van der Waals surface area contributed by atoms with Crippen LogP contribution >= 0.6 is 11.8 Å². The summed E-state index contributed by atoms with van der Waals surface area (Å²) in [6, 6.07) is 13.7. The standard InChI is InChI=1S/C20H23NO4S2/c1-15-5-11-18(12-6-15)27(23,24)21-13-3-4-19(21)20(22)25-14-16-7-9-17(26-2)10-8-16/h5-12,19H,3-4,13-14H2,1-2H3/t19-/m0/s1. The van der Waals surface area contributed by atoms with Crippen LogP contribution in [0.4, 0.5) is 0 Å². The highest BCUT2D eigenvalue weighted by Crippen LogP contribution is 2.27. The molecule has 0 amide bonds. The second kappa shape index (κ2) is 8.46. The van der Waals surface area contributed by atoms with E-state index < -0.39 is 22.0 Å². The van der Waals surface area contributed by atoms with Gasteiger partial charge in [0.2, 0.25) is 10.0 Å². The number of thioether (sulfide) groups is 1. The van der Waals surface area contributed by atoms with Crippen LogP contribution in [0.3, 0.4) is 0 Å². The fourth-order valence-corrected chi connectivity index (χ4v) is 5.14. The number of carbonyl (C=O) groups excluding carboxylic acids is 1. The van der Waals surface area contributed by atoms with Gasteiger partial charge >= 0.3 is 5.97 Å². The highest BCUT2D eigenvalue weighted by Gasteiger charge is 2.40. The Balaban J connectivity index is 1.69. The van der Waals surface area contributed by atoms with Crippen LogP contribution in [0.25, 0.3) is 0 Å². The molecule has 1 atom stereocenters. The number of aryl methyl sites for hydroxylation is 1. The second-order valence-electron chi connectivity index (χ2n) is 6.54. The lowest BCUT2D eigenvalue weighted by Gasteiger charge is -2.23. The molecule has 1 aliphatic heterocycles. The van der Waals surface area contributed by atoms with Gasteiger partial charge in [-0.15, -0.1) is 11.8 Å². The van der Waals surface area contributed by atoms with Crippen LogP contribution in [-0.4, -0.2) is 37.5 Å². The SMILES string of the molecule is CSc1ccc(COC(=O)[C@@H]2CCCN2S(=O)(=O)c2ccc(C)cc2)cc1. The molecule has 5 nitrogen and oxygen atoms in total. The molecule has 0 spiro atoms. The zero-order valence-electron chi connectivity index (χ0n) is 15.4. The molecule has 0 unspecified atom stereocenters. The fourth-order valence-electron chi connectivity index (χ4n) is 3.08. The summed E-state index contributed by atoms with van der Waals surface area (Å²) in [7, 11) is -3.71. The third kappa shape index (κ3) is 4.54. The Morgan fingerprint density at radius 2 is 1.81 bits per heavy atom. The lowest BCUT2D eigenvalue weighted by molar-refractivity contribution is -0.148. The molecule has 1 heterocycles. The molecule has 0 aromatic heterocycles. The third-order valence-electron chi connectivity index (χ3n) is 4.64. The van der Waals surface area contributed by atoms with Gasteiger partial charge in [-0.05, 0) is 55.9 Å². The highest BCUT2D eigenvalue weighted by atomic mass is 32.2. The predicted octanol–water partition coefficient (Wildman–Crippen LogP) is 3.61. The molecule has 7 heteroatoms. The average molecular weight is 406 g/mol. The first-order chi connectivity index (χ1) is 12.9. The Hall–Kier alpha value is -1.83. The summed E-state index contributed by atoms with van der Waals surface area (Å²) in [4.78, 5) is 13.9. The lowest BCUT2D eigenvalue weighted by Crippen LogP contribution is -2.41. The molecule has 0 radical (unpaired) electrons. The van der Waals surface area contributed by atoms with E-state index in [4.69, 9.17) is 4.74 Å². The van der Waals surface area contributed by atoms with Crippen molar-refractivity contribution in [1.82, 2.24) is 4.31 Å². The smallest absolute Gasteiger partial charge is 0.324 e. The van der Waals surface area contributed by atoms with Crippen LogP contribution in [0.5, 0.6) is 0 Å². The maximum Gasteiger partial charge on any atom is 0.324 e. The summed E-state index contributed by atoms with van der Waals surface area (Å²) in [5.41, 5.74) is 1.87. The number of hydrogen-bond acceptors (Lipinski definition) is 5. The minimum Gasteiger partial charge on any atom is -0.460 e. The molecule has 1 fully saturated rings. The van der Waals surface area contributed by atoms with E-state index in [0.717, 1.165) is 16.0 Å². The summed E-state index contributed by atoms with van der Waals surface area (Å²) < 4.78 is 32.5. The van der Waals surface area contributed by atoms with E-state index >= 15 is 0 Å². The van der Waals surface area contributed by atoms with E-state index in [-0.39, 0.29) is 11.5 Å². The van der Waals surface area contributed by atoms with Crippen molar-refractivity contribution in [2.75, 3.05) is 12.8 Å². The summed E-state index contributed by atoms with van der Waals surface area (Å²) in [5, 5.41) is 0. The first kappa shape index (κ1) is 19.9. The maximum absolute atomic E-state index is 12.9. The number of carbonyl (C=O) groups is 1. The van der Waals surface area contributed by atoms with Crippen LogP contribution in [0.2, 0.25) is 0 Å². The zero-order valence-corrected chi connectivity index (χ0v) is 17.1. The van der Waals surface area contributed by atoms with E-state index in [1.54, 1.807) is 36.0 Å². The number of nitrogens with zero attached hydrogens (tertiary/aromatic N) is 1. The second-order valence-corrected chi connectivity index (χ2v) is 9.31. The van der Waals surface area contributed by atoms with Crippen molar-refractivity contribution in [3.05, 3.63) is 59.7 Å². The number of rotatable bonds is 6. The quantitative estimate of drug-likeness (QED) is 0.543. The van der Waals surface area contributed by atoms with Gasteiger partial charge < -0.3 is 4.74 Å². The Bertz CT molecular complexity index is 893. The molecular weight excluding hydrogens is 382 g/mol. The lowest BCUT2D eigenvalue weighted by atomic mass is 10.2. The minimum absolute atomic E-state index is 0.141. The van der Waals surface area contributed by atoms with Crippen LogP contribution in [0.1, 0.15) is 24.0 Å². The van der Waals surface area contributed by atoms with Crippen LogP contribution in [0.15, 0.2) is 58.3 Å². The Morgan fingerprint density at radius 3 is 2.44 bits per heavy atom. The monoisotopic (exact) mass is 405 g/mol. The molecule has 27 heavy (non-hydrogen) atoms. The van der Waals surface area contributed by atoms with Crippen LogP contribution in [0, 0.1) is 6.92 Å². The van der Waals surface area contributed by atoms with E-state index in [9.17, 15) is 13.2 Å². The van der Waals surface area contributed by atoms with Crippen molar-refractivity contribution in [3.63, 3.8) is 0 Å². The van der Waals surface area contributed by atoms with E-state index in [2.05, 4.69) is 0 Å². The number of sulfonamides is 1. The molecule has 2 aromatic carbocycles. The van der Waals surface area contributed by atoms with Gasteiger partial charge in [-0.1, -0.05) is 29.8 Å². The normalized spacial score (nSPS) is 17.8. The molecule has 3 rings (SSSR count). The number of hydrogen-bond donors (Lipinski definition) is 0. The largest absolute Gasteiger partial charge is 0.460 e. The summed E-state index contributed by atoms with van der Waals surface area (Å²) in [6.07, 6.45) is 3.13. The third-order valence-corrected chi connectivity index (χ3v) is 7.31. The topological polar surface area (TPSA) is 63.7 Å². The van der Waals surface area contributed by atoms with Crippen molar-refractivity contribution in [2.24, 2.45) is 0 Å². The van der Waals surface area contributed by atoms with Gasteiger partial charge in [-0.2, -0.15) is 4.31 Å². The number of ether oxygens (including phenoxy) is 1. The van der Waals surface area contributed by atoms with Crippen molar-refractivity contribution < 1.29 is 17.9 Å². The average Bonchev–Trinajstić information content (AvgIpc) is 3.18. The number of esters is 1. The summed E-state index contributed by atoms with van der Waals surface area (Å²) in [5.74, 6) is -0.489. The Labute approximate surface area is 164 Å². The molecule has 0 aliphatic carbocycles. The van der Waals surface area contributed by atoms with Gasteiger partial charge in [-0.25, -0.2) is 8.42 Å². The fraction of sp³-hybridized carbons (Fsp3) is 0.350. The van der Waals surface area contributed by atoms with Crippen molar-refractivity contribution in [2.45, 2.75) is 42.2 Å². The molecule has 0 saturated carbocycles. The van der Waals surface area contributed by atoms with Crippen molar-refractivity contribution in [1.29, 1.82) is 0 Å². The van der Waals surface area contributed by atoms with Crippen LogP contribution in [-0.2, 0) is 26.2 Å². The van der Waals surface area contributed by atoms with Gasteiger partial charge in [0.05, 0.1) is 4.90 Å². The zero-order chi connectivity index (χ0) is 19.4. The van der Waals surface area contributed by atoms with E-state index in [0.29, 0.717) is 19.4 Å². The van der Waals surface area contributed by atoms with Gasteiger partial charge in [0, 0.05) is 11.4 Å². The molecule has 144 valence electrons. The molecule has 1 aliphatic rings. The van der Waals surface area contributed by atoms with Gasteiger partial charge in [0.15, 0.2) is 0 Å². The first-order valence-corrected chi connectivity index (χ1v) is 11.5. The predicted molar refractivity (Wildman–Crippen MR) is 106 cm³/mol. The van der Waals surface area contributed by atoms with Crippen LogP contribution < -0.4 is 0 Å². The first-order valence-electron chi connectivity index (χ1n) is 8.80. The van der Waals surface area contributed by atoms with E-state index in [1.165, 1.54) is 4.31 Å². The molecular formula is C20H23NO4S2. The molecule has 1 saturated heterocycles. The van der Waals surface area contributed by atoms with E-state index in [1.807, 2.05) is 37.4 Å². The molecule has 0 N–H and O–H groups in total. The number of benzene rings is 2. The minimum atomic E-state index is -3.71. The molecule has 2 aromatic rings. The highest BCUT2D eigenvalue weighted by molar-refractivity contribution is 7.98. The summed E-state index contributed by atoms with van der Waals surface area (Å²) in [6.45, 7) is 2.37. The van der Waals surface area contributed by atoms with Gasteiger partial charge in [0.25, 0.3) is 0 Å². The van der Waals surface area contributed by atoms with Crippen molar-refractivity contribution in [3.8, 4) is 0 Å². The van der Waals surface area contributed by atoms with Gasteiger partial charge in [0.1, 0.15) is 12.6 Å².